The van der Waals surface area contributed by atoms with Gasteiger partial charge in [0, 0.05) is 33.3 Å². The number of nitrogens with zero attached hydrogens (tertiary/aromatic N) is 2. The number of amides is 1. The second kappa shape index (κ2) is 5.38. The number of nitrogen functional groups attached to an aromatic ring is 1. The topological polar surface area (TPSA) is 77.6 Å². The van der Waals surface area contributed by atoms with Crippen molar-refractivity contribution in [2.75, 3.05) is 26.9 Å². The molecule has 6 nitrogen and oxygen atoms in total. The molecule has 0 saturated carbocycles. The molecule has 0 aliphatic heterocycles. The van der Waals surface area contributed by atoms with Crippen LogP contribution in [0.4, 0.5) is 5.69 Å². The van der Waals surface area contributed by atoms with Gasteiger partial charge < -0.3 is 19.9 Å². The lowest BCUT2D eigenvalue weighted by Crippen LogP contribution is -2.23. The van der Waals surface area contributed by atoms with Gasteiger partial charge in [0.15, 0.2) is 0 Å². The highest BCUT2D eigenvalue weighted by atomic mass is 16.5. The average molecular weight is 239 g/mol. The molecule has 0 unspecified atom stereocenters. The van der Waals surface area contributed by atoms with Crippen LogP contribution in [0, 0.1) is 0 Å². The average Bonchev–Trinajstić information content (AvgIpc) is 2.66. The number of hydrogen-bond donors (Lipinski definition) is 1. The Morgan fingerprint density at radius 2 is 2.12 bits per heavy atom. The summed E-state index contributed by atoms with van der Waals surface area (Å²) < 4.78 is 6.26. The minimum absolute atomic E-state index is 0.00640. The van der Waals surface area contributed by atoms with Crippen LogP contribution in [0.3, 0.4) is 0 Å². The van der Waals surface area contributed by atoms with E-state index in [1.165, 1.54) is 18.1 Å². The molecule has 6 heteroatoms. The third-order valence-electron chi connectivity index (χ3n) is 2.38. The fourth-order valence-corrected chi connectivity index (χ4v) is 1.43. The number of methoxy groups -OCH3 is 1. The minimum atomic E-state index is -0.459. The first-order valence-corrected chi connectivity index (χ1v) is 5.19. The van der Waals surface area contributed by atoms with E-state index in [2.05, 4.69) is 4.74 Å². The Labute approximate surface area is 99.9 Å². The summed E-state index contributed by atoms with van der Waals surface area (Å²) in [6, 6.07) is 1.53. The largest absolute Gasteiger partial charge is 0.464 e. The molecule has 94 valence electrons. The molecule has 0 fully saturated rings. The molecule has 2 N–H and O–H groups in total. The van der Waals surface area contributed by atoms with Gasteiger partial charge in [-0.05, 0) is 6.07 Å². The molecule has 1 heterocycles. The van der Waals surface area contributed by atoms with Crippen molar-refractivity contribution in [2.45, 2.75) is 13.0 Å². The van der Waals surface area contributed by atoms with E-state index in [4.69, 9.17) is 5.73 Å². The maximum Gasteiger partial charge on any atom is 0.354 e. The Morgan fingerprint density at radius 1 is 1.47 bits per heavy atom. The number of nitrogens with two attached hydrogens (primary N) is 1. The lowest BCUT2D eigenvalue weighted by molar-refractivity contribution is -0.128. The first-order valence-electron chi connectivity index (χ1n) is 5.19. The number of carbonyl (C=O) groups is 2. The highest BCUT2D eigenvalue weighted by Crippen LogP contribution is 2.12. The molecule has 0 aromatic carbocycles. The number of ether oxygens (including phenoxy) is 1. The van der Waals surface area contributed by atoms with Crippen molar-refractivity contribution in [1.29, 1.82) is 0 Å². The molecule has 1 rings (SSSR count). The predicted molar refractivity (Wildman–Crippen MR) is 63.5 cm³/mol. The Bertz CT molecular complexity index is 424. The van der Waals surface area contributed by atoms with Crippen LogP contribution < -0.4 is 5.73 Å². The van der Waals surface area contributed by atoms with E-state index in [0.29, 0.717) is 24.3 Å². The van der Waals surface area contributed by atoms with Gasteiger partial charge in [-0.2, -0.15) is 0 Å². The Balaban J connectivity index is 2.77. The maximum absolute atomic E-state index is 11.4. The highest BCUT2D eigenvalue weighted by molar-refractivity contribution is 5.89. The molecular weight excluding hydrogens is 222 g/mol. The van der Waals surface area contributed by atoms with E-state index in [1.54, 1.807) is 24.9 Å². The fourth-order valence-electron chi connectivity index (χ4n) is 1.43. The van der Waals surface area contributed by atoms with Gasteiger partial charge >= 0.3 is 5.97 Å². The Morgan fingerprint density at radius 3 is 2.65 bits per heavy atom. The van der Waals surface area contributed by atoms with Crippen LogP contribution in [-0.2, 0) is 16.1 Å². The lowest BCUT2D eigenvalue weighted by Gasteiger charge is -2.11. The molecule has 1 aromatic heterocycles. The Hall–Kier alpha value is -1.98. The molecule has 0 bridgehead atoms. The van der Waals surface area contributed by atoms with Crippen LogP contribution in [0.5, 0.6) is 0 Å². The van der Waals surface area contributed by atoms with Gasteiger partial charge in [0.05, 0.1) is 12.8 Å². The molecule has 17 heavy (non-hydrogen) atoms. The van der Waals surface area contributed by atoms with Crippen LogP contribution in [0.2, 0.25) is 0 Å². The van der Waals surface area contributed by atoms with Crippen LogP contribution in [0.1, 0.15) is 16.9 Å². The summed E-state index contributed by atoms with van der Waals surface area (Å²) in [5.74, 6) is -0.466. The van der Waals surface area contributed by atoms with Crippen molar-refractivity contribution in [3.8, 4) is 0 Å². The van der Waals surface area contributed by atoms with Crippen molar-refractivity contribution < 1.29 is 14.3 Å². The van der Waals surface area contributed by atoms with Gasteiger partial charge in [-0.1, -0.05) is 0 Å². The van der Waals surface area contributed by atoms with Gasteiger partial charge in [-0.25, -0.2) is 4.79 Å². The first-order chi connectivity index (χ1) is 7.95. The van der Waals surface area contributed by atoms with Gasteiger partial charge in [0.1, 0.15) is 5.69 Å². The highest BCUT2D eigenvalue weighted by Gasteiger charge is 2.14. The summed E-state index contributed by atoms with van der Waals surface area (Å²) in [5, 5.41) is 0. The van der Waals surface area contributed by atoms with Gasteiger partial charge in [-0.15, -0.1) is 0 Å². The predicted octanol–water partition coefficient (Wildman–Crippen LogP) is 0.335. The van der Waals surface area contributed by atoms with Crippen LogP contribution in [-0.4, -0.2) is 42.5 Å². The summed E-state index contributed by atoms with van der Waals surface area (Å²) in [5.41, 5.74) is 6.45. The van der Waals surface area contributed by atoms with Gasteiger partial charge in [0.25, 0.3) is 0 Å². The number of rotatable bonds is 4. The van der Waals surface area contributed by atoms with Crippen LogP contribution >= 0.6 is 0 Å². The van der Waals surface area contributed by atoms with Crippen molar-refractivity contribution in [1.82, 2.24) is 9.47 Å². The monoisotopic (exact) mass is 239 g/mol. The van der Waals surface area contributed by atoms with E-state index < -0.39 is 5.97 Å². The second-order valence-electron chi connectivity index (χ2n) is 3.88. The van der Waals surface area contributed by atoms with Crippen molar-refractivity contribution in [2.24, 2.45) is 0 Å². The first kappa shape index (κ1) is 13.1. The third kappa shape index (κ3) is 3.24. The van der Waals surface area contributed by atoms with E-state index in [9.17, 15) is 9.59 Å². The molecule has 0 aliphatic rings. The Kier molecular flexibility index (Phi) is 4.14. The molecule has 1 amide bonds. The number of hydrogen-bond acceptors (Lipinski definition) is 4. The quantitative estimate of drug-likeness (QED) is 0.768. The van der Waals surface area contributed by atoms with Gasteiger partial charge in [0.2, 0.25) is 5.91 Å². The zero-order chi connectivity index (χ0) is 13.0. The van der Waals surface area contributed by atoms with E-state index >= 15 is 0 Å². The number of aromatic nitrogens is 1. The van der Waals surface area contributed by atoms with E-state index in [0.717, 1.165) is 0 Å². The summed E-state index contributed by atoms with van der Waals surface area (Å²) in [7, 11) is 4.68. The van der Waals surface area contributed by atoms with Gasteiger partial charge in [-0.3, -0.25) is 4.79 Å². The van der Waals surface area contributed by atoms with Crippen molar-refractivity contribution in [3.63, 3.8) is 0 Å². The standard InChI is InChI=1S/C11H17N3O3/c1-13(2)10(15)4-5-14-7-8(12)6-9(14)11(16)17-3/h6-7H,4-5,12H2,1-3H3. The van der Waals surface area contributed by atoms with Crippen molar-refractivity contribution >= 4 is 17.6 Å². The fraction of sp³-hybridized carbons (Fsp3) is 0.455. The second-order valence-corrected chi connectivity index (χ2v) is 3.88. The third-order valence-corrected chi connectivity index (χ3v) is 2.38. The molecule has 0 spiro atoms. The molecule has 0 radical (unpaired) electrons. The zero-order valence-electron chi connectivity index (χ0n) is 10.3. The number of aryl methyl sites for hydroxylation is 1. The van der Waals surface area contributed by atoms with Crippen LogP contribution in [0.15, 0.2) is 12.3 Å². The lowest BCUT2D eigenvalue weighted by atomic mass is 10.3. The van der Waals surface area contributed by atoms with Crippen LogP contribution in [0.25, 0.3) is 0 Å². The summed E-state index contributed by atoms with van der Waals surface area (Å²) in [6.45, 7) is 0.401. The molecular formula is C11H17N3O3. The normalized spacial score (nSPS) is 10.1. The number of anilines is 1. The summed E-state index contributed by atoms with van der Waals surface area (Å²) >= 11 is 0. The number of esters is 1. The number of carbonyl (C=O) groups excluding carboxylic acids is 2. The van der Waals surface area contributed by atoms with E-state index in [-0.39, 0.29) is 5.91 Å². The molecule has 0 aliphatic carbocycles. The SMILES string of the molecule is COC(=O)c1cc(N)cn1CCC(=O)N(C)C. The zero-order valence-corrected chi connectivity index (χ0v) is 10.3. The molecule has 0 atom stereocenters. The molecule has 1 aromatic rings. The smallest absolute Gasteiger partial charge is 0.354 e. The summed E-state index contributed by atoms with van der Waals surface area (Å²) in [6.07, 6.45) is 1.93. The van der Waals surface area contributed by atoms with Crippen molar-refractivity contribution in [3.05, 3.63) is 18.0 Å². The maximum atomic E-state index is 11.4. The molecule has 0 saturated heterocycles. The van der Waals surface area contributed by atoms with E-state index in [1.807, 2.05) is 0 Å². The summed E-state index contributed by atoms with van der Waals surface area (Å²) in [4.78, 5) is 24.4. The minimum Gasteiger partial charge on any atom is -0.464 e.